The molecule has 14 heavy (non-hydrogen) atoms. The van der Waals surface area contributed by atoms with Crippen LogP contribution < -0.4 is 4.74 Å². The van der Waals surface area contributed by atoms with E-state index >= 15 is 0 Å². The molecule has 0 N–H and O–H groups in total. The maximum absolute atomic E-state index is 13.2. The van der Waals surface area contributed by atoms with Crippen LogP contribution in [0.3, 0.4) is 0 Å². The van der Waals surface area contributed by atoms with E-state index in [1.165, 1.54) is 12.1 Å². The molecule has 1 rings (SSSR count). The number of benzene rings is 1. The van der Waals surface area contributed by atoms with Crippen LogP contribution >= 0.6 is 0 Å². The van der Waals surface area contributed by atoms with Gasteiger partial charge in [-0.15, -0.1) is 0 Å². The molecule has 0 atom stereocenters. The van der Waals surface area contributed by atoms with Crippen molar-refractivity contribution in [1.29, 1.82) is 0 Å². The lowest BCUT2D eigenvalue weighted by Crippen LogP contribution is -1.99. The van der Waals surface area contributed by atoms with Crippen LogP contribution in [0.5, 0.6) is 5.75 Å². The Labute approximate surface area is 82.0 Å². The lowest BCUT2D eigenvalue weighted by molar-refractivity contribution is 0.112. The van der Waals surface area contributed by atoms with Gasteiger partial charge in [0, 0.05) is 5.56 Å². The van der Waals surface area contributed by atoms with Crippen LogP contribution in [-0.2, 0) is 0 Å². The van der Waals surface area contributed by atoms with E-state index in [4.69, 9.17) is 4.74 Å². The molecule has 0 aromatic heterocycles. The van der Waals surface area contributed by atoms with E-state index in [9.17, 15) is 9.18 Å². The van der Waals surface area contributed by atoms with Gasteiger partial charge in [0.05, 0.1) is 0 Å². The van der Waals surface area contributed by atoms with E-state index in [1.807, 2.05) is 0 Å². The molecule has 0 aliphatic carbocycles. The standard InChI is InChI=1S/C11H11FO2/c1-8(2)7-14-11-4-3-9(6-13)5-10(11)12/h3-6H,1,7H2,2H3. The molecule has 0 bridgehead atoms. The predicted octanol–water partition coefficient (Wildman–Crippen LogP) is 2.59. The minimum absolute atomic E-state index is 0.138. The highest BCUT2D eigenvalue weighted by Crippen LogP contribution is 2.17. The van der Waals surface area contributed by atoms with Gasteiger partial charge in [0.2, 0.25) is 0 Å². The molecule has 0 aliphatic heterocycles. The first-order chi connectivity index (χ1) is 6.63. The number of carbonyl (C=O) groups is 1. The molecule has 74 valence electrons. The third-order valence-corrected chi connectivity index (χ3v) is 1.57. The Bertz CT molecular complexity index is 358. The summed E-state index contributed by atoms with van der Waals surface area (Å²) in [5.41, 5.74) is 1.11. The van der Waals surface area contributed by atoms with Gasteiger partial charge in [0.15, 0.2) is 11.6 Å². The van der Waals surface area contributed by atoms with Gasteiger partial charge in [-0.3, -0.25) is 4.79 Å². The molecule has 0 unspecified atom stereocenters. The summed E-state index contributed by atoms with van der Waals surface area (Å²) in [6.07, 6.45) is 0.589. The molecule has 0 heterocycles. The molecule has 0 radical (unpaired) electrons. The quantitative estimate of drug-likeness (QED) is 0.544. The van der Waals surface area contributed by atoms with Gasteiger partial charge >= 0.3 is 0 Å². The molecule has 0 fully saturated rings. The van der Waals surface area contributed by atoms with Crippen LogP contribution in [0.4, 0.5) is 4.39 Å². The van der Waals surface area contributed by atoms with Crippen LogP contribution in [0.25, 0.3) is 0 Å². The second-order valence-electron chi connectivity index (χ2n) is 3.05. The van der Waals surface area contributed by atoms with Gasteiger partial charge in [-0.2, -0.15) is 0 Å². The zero-order valence-corrected chi connectivity index (χ0v) is 7.92. The van der Waals surface area contributed by atoms with Crippen LogP contribution in [0, 0.1) is 5.82 Å². The fourth-order valence-corrected chi connectivity index (χ4v) is 0.908. The van der Waals surface area contributed by atoms with Crippen molar-refractivity contribution in [3.8, 4) is 5.75 Å². The Morgan fingerprint density at radius 2 is 2.36 bits per heavy atom. The smallest absolute Gasteiger partial charge is 0.165 e. The molecule has 2 nitrogen and oxygen atoms in total. The molecule has 3 heteroatoms. The second-order valence-corrected chi connectivity index (χ2v) is 3.05. The minimum Gasteiger partial charge on any atom is -0.486 e. The normalized spacial score (nSPS) is 9.57. The lowest BCUT2D eigenvalue weighted by atomic mass is 10.2. The first kappa shape index (κ1) is 10.4. The first-order valence-corrected chi connectivity index (χ1v) is 4.15. The van der Waals surface area contributed by atoms with Gasteiger partial charge in [0.25, 0.3) is 0 Å². The number of rotatable bonds is 4. The van der Waals surface area contributed by atoms with Crippen molar-refractivity contribution in [3.63, 3.8) is 0 Å². The zero-order chi connectivity index (χ0) is 10.6. The van der Waals surface area contributed by atoms with Crippen LogP contribution in [0.2, 0.25) is 0 Å². The van der Waals surface area contributed by atoms with Crippen LogP contribution in [0.15, 0.2) is 30.4 Å². The molecule has 0 spiro atoms. The number of hydrogen-bond donors (Lipinski definition) is 0. The number of aldehydes is 1. The van der Waals surface area contributed by atoms with Crippen molar-refractivity contribution >= 4 is 6.29 Å². The summed E-state index contributed by atoms with van der Waals surface area (Å²) >= 11 is 0. The molecule has 0 amide bonds. The van der Waals surface area contributed by atoms with Gasteiger partial charge in [0.1, 0.15) is 12.9 Å². The van der Waals surface area contributed by atoms with E-state index in [0.717, 1.165) is 11.6 Å². The summed E-state index contributed by atoms with van der Waals surface area (Å²) in [5, 5.41) is 0. The number of halogens is 1. The summed E-state index contributed by atoms with van der Waals surface area (Å²) in [7, 11) is 0. The Kier molecular flexibility index (Phi) is 3.40. The summed E-state index contributed by atoms with van der Waals surface area (Å²) in [6, 6.07) is 4.08. The highest BCUT2D eigenvalue weighted by molar-refractivity contribution is 5.74. The lowest BCUT2D eigenvalue weighted by Gasteiger charge is -2.06. The van der Waals surface area contributed by atoms with E-state index in [0.29, 0.717) is 11.8 Å². The van der Waals surface area contributed by atoms with E-state index in [2.05, 4.69) is 6.58 Å². The number of hydrogen-bond acceptors (Lipinski definition) is 2. The van der Waals surface area contributed by atoms with Crippen LogP contribution in [0.1, 0.15) is 17.3 Å². The Hall–Kier alpha value is -1.64. The Morgan fingerprint density at radius 3 is 2.86 bits per heavy atom. The summed E-state index contributed by atoms with van der Waals surface area (Å²) in [6.45, 7) is 5.69. The summed E-state index contributed by atoms with van der Waals surface area (Å²) in [5.74, 6) is -0.394. The molecule has 0 aliphatic rings. The topological polar surface area (TPSA) is 26.3 Å². The fourth-order valence-electron chi connectivity index (χ4n) is 0.908. The maximum Gasteiger partial charge on any atom is 0.165 e. The van der Waals surface area contributed by atoms with Crippen molar-refractivity contribution in [2.75, 3.05) is 6.61 Å². The van der Waals surface area contributed by atoms with E-state index < -0.39 is 5.82 Å². The van der Waals surface area contributed by atoms with Crippen molar-refractivity contribution in [1.82, 2.24) is 0 Å². The highest BCUT2D eigenvalue weighted by Gasteiger charge is 2.03. The highest BCUT2D eigenvalue weighted by atomic mass is 19.1. The molecule has 1 aromatic carbocycles. The SMILES string of the molecule is C=C(C)COc1ccc(C=O)cc1F. The van der Waals surface area contributed by atoms with Gasteiger partial charge in [-0.1, -0.05) is 6.58 Å². The van der Waals surface area contributed by atoms with E-state index in [-0.39, 0.29) is 12.4 Å². The average molecular weight is 194 g/mol. The average Bonchev–Trinajstić information content (AvgIpc) is 2.15. The first-order valence-electron chi connectivity index (χ1n) is 4.15. The van der Waals surface area contributed by atoms with Gasteiger partial charge in [-0.25, -0.2) is 4.39 Å². The molecule has 0 saturated heterocycles. The molecular formula is C11H11FO2. The monoisotopic (exact) mass is 194 g/mol. The molecular weight excluding hydrogens is 183 g/mol. The summed E-state index contributed by atoms with van der Waals surface area (Å²) < 4.78 is 18.3. The third kappa shape index (κ3) is 2.69. The Balaban J connectivity index is 2.78. The predicted molar refractivity (Wildman–Crippen MR) is 52.1 cm³/mol. The number of carbonyl (C=O) groups excluding carboxylic acids is 1. The largest absolute Gasteiger partial charge is 0.486 e. The molecule has 1 aromatic rings. The Morgan fingerprint density at radius 1 is 1.64 bits per heavy atom. The van der Waals surface area contributed by atoms with Crippen molar-refractivity contribution in [2.45, 2.75) is 6.92 Å². The summed E-state index contributed by atoms with van der Waals surface area (Å²) in [4.78, 5) is 10.3. The van der Waals surface area contributed by atoms with Crippen LogP contribution in [-0.4, -0.2) is 12.9 Å². The van der Waals surface area contributed by atoms with Crippen molar-refractivity contribution in [2.24, 2.45) is 0 Å². The van der Waals surface area contributed by atoms with Gasteiger partial charge < -0.3 is 4.74 Å². The third-order valence-electron chi connectivity index (χ3n) is 1.57. The van der Waals surface area contributed by atoms with Crippen molar-refractivity contribution < 1.29 is 13.9 Å². The minimum atomic E-state index is -0.532. The van der Waals surface area contributed by atoms with Gasteiger partial charge in [-0.05, 0) is 30.7 Å². The number of ether oxygens (including phenoxy) is 1. The second kappa shape index (κ2) is 4.56. The zero-order valence-electron chi connectivity index (χ0n) is 7.92. The molecule has 0 saturated carbocycles. The van der Waals surface area contributed by atoms with E-state index in [1.54, 1.807) is 6.92 Å². The maximum atomic E-state index is 13.2. The van der Waals surface area contributed by atoms with Crippen molar-refractivity contribution in [3.05, 3.63) is 41.7 Å². The fraction of sp³-hybridized carbons (Fsp3) is 0.182.